The molecule has 0 aromatic rings. The van der Waals surface area contributed by atoms with Gasteiger partial charge in [0.1, 0.15) is 5.88 Å². The molecule has 0 spiro atoms. The van der Waals surface area contributed by atoms with Crippen molar-refractivity contribution in [2.75, 3.05) is 31.9 Å². The highest BCUT2D eigenvalue weighted by Crippen LogP contribution is 2.29. The van der Waals surface area contributed by atoms with Gasteiger partial charge in [0.2, 0.25) is 5.91 Å². The van der Waals surface area contributed by atoms with Crippen molar-refractivity contribution in [3.05, 3.63) is 11.8 Å². The number of halogens is 1. The van der Waals surface area contributed by atoms with Crippen molar-refractivity contribution in [3.8, 4) is 0 Å². The zero-order chi connectivity index (χ0) is 11.3. The predicted octanol–water partition coefficient (Wildman–Crippen LogP) is 1.72. The number of hydrogen-bond donors (Lipinski definition) is 0. The summed E-state index contributed by atoms with van der Waals surface area (Å²) in [5.41, 5.74) is 1.07. The molecule has 1 aliphatic heterocycles. The lowest BCUT2D eigenvalue weighted by molar-refractivity contribution is -0.127. The van der Waals surface area contributed by atoms with Gasteiger partial charge >= 0.3 is 0 Å². The lowest BCUT2D eigenvalue weighted by Crippen LogP contribution is -2.36. The molecule has 1 atom stereocenters. The van der Waals surface area contributed by atoms with Gasteiger partial charge in [-0.15, -0.1) is 23.4 Å². The molecule has 0 saturated carbocycles. The average molecular weight is 250 g/mol. The summed E-state index contributed by atoms with van der Waals surface area (Å²) in [6, 6.07) is 0. The minimum absolute atomic E-state index is 0.0262. The largest absolute Gasteiger partial charge is 0.383 e. The number of thioether (sulfide) groups is 1. The Morgan fingerprint density at radius 2 is 2.53 bits per heavy atom. The Hall–Kier alpha value is -0.190. The van der Waals surface area contributed by atoms with Gasteiger partial charge in [-0.2, -0.15) is 0 Å². The van der Waals surface area contributed by atoms with Gasteiger partial charge < -0.3 is 9.64 Å². The first-order valence-corrected chi connectivity index (χ1v) is 6.46. The maximum absolute atomic E-state index is 11.6. The van der Waals surface area contributed by atoms with Gasteiger partial charge in [-0.1, -0.05) is 6.08 Å². The fourth-order valence-electron chi connectivity index (χ4n) is 1.51. The summed E-state index contributed by atoms with van der Waals surface area (Å²) in [6.07, 6.45) is 2.09. The van der Waals surface area contributed by atoms with E-state index in [1.165, 1.54) is 0 Å². The minimum atomic E-state index is -0.0469. The van der Waals surface area contributed by atoms with Crippen molar-refractivity contribution in [2.24, 2.45) is 0 Å². The number of amides is 1. The highest BCUT2D eigenvalue weighted by Gasteiger charge is 2.24. The molecule has 1 unspecified atom stereocenters. The molecule has 1 aliphatic rings. The van der Waals surface area contributed by atoms with E-state index in [2.05, 4.69) is 13.0 Å². The van der Waals surface area contributed by atoms with Crippen LogP contribution in [-0.2, 0) is 9.53 Å². The van der Waals surface area contributed by atoms with Crippen LogP contribution in [0, 0.1) is 0 Å². The lowest BCUT2D eigenvalue weighted by Gasteiger charge is -2.25. The predicted molar refractivity (Wildman–Crippen MR) is 64.3 cm³/mol. The van der Waals surface area contributed by atoms with Gasteiger partial charge in [-0.3, -0.25) is 4.79 Å². The Kier molecular flexibility index (Phi) is 5.50. The molecule has 5 heteroatoms. The van der Waals surface area contributed by atoms with Crippen LogP contribution in [0.2, 0.25) is 0 Å². The molecule has 0 fully saturated rings. The quantitative estimate of drug-likeness (QED) is 0.695. The minimum Gasteiger partial charge on any atom is -0.383 e. The van der Waals surface area contributed by atoms with E-state index in [4.69, 9.17) is 16.3 Å². The molecular weight excluding hydrogens is 234 g/mol. The van der Waals surface area contributed by atoms with Crippen molar-refractivity contribution in [1.29, 1.82) is 0 Å². The molecule has 1 heterocycles. The van der Waals surface area contributed by atoms with E-state index in [0.29, 0.717) is 18.4 Å². The molecule has 0 radical (unpaired) electrons. The molecule has 0 saturated heterocycles. The molecule has 0 bridgehead atoms. The number of nitrogens with zero attached hydrogens (tertiary/aromatic N) is 1. The number of methoxy groups -OCH3 is 1. The normalized spacial score (nSPS) is 20.2. The van der Waals surface area contributed by atoms with Crippen LogP contribution in [0.4, 0.5) is 0 Å². The molecule has 86 valence electrons. The second kappa shape index (κ2) is 6.40. The maximum Gasteiger partial charge on any atom is 0.241 e. The molecule has 0 aliphatic carbocycles. The van der Waals surface area contributed by atoms with Crippen molar-refractivity contribution >= 4 is 29.3 Å². The maximum atomic E-state index is 11.6. The lowest BCUT2D eigenvalue weighted by atomic mass is 10.2. The third-order valence-electron chi connectivity index (χ3n) is 2.30. The van der Waals surface area contributed by atoms with Crippen LogP contribution in [0.1, 0.15) is 6.92 Å². The summed E-state index contributed by atoms with van der Waals surface area (Å²) >= 11 is 7.41. The van der Waals surface area contributed by atoms with Gasteiger partial charge in [0, 0.05) is 30.4 Å². The van der Waals surface area contributed by atoms with Gasteiger partial charge in [0.15, 0.2) is 0 Å². The van der Waals surface area contributed by atoms with E-state index in [9.17, 15) is 4.79 Å². The monoisotopic (exact) mass is 249 g/mol. The summed E-state index contributed by atoms with van der Waals surface area (Å²) < 4.78 is 4.99. The Morgan fingerprint density at radius 3 is 3.00 bits per heavy atom. The van der Waals surface area contributed by atoms with Crippen LogP contribution in [0.3, 0.4) is 0 Å². The van der Waals surface area contributed by atoms with Crippen molar-refractivity contribution in [3.63, 3.8) is 0 Å². The number of ether oxygens (including phenoxy) is 1. The Morgan fingerprint density at radius 1 is 1.80 bits per heavy atom. The Balaban J connectivity index is 2.67. The molecular formula is C10H16ClNO2S. The van der Waals surface area contributed by atoms with Crippen LogP contribution in [0.5, 0.6) is 0 Å². The molecule has 1 rings (SSSR count). The molecule has 15 heavy (non-hydrogen) atoms. The summed E-state index contributed by atoms with van der Waals surface area (Å²) in [6.45, 7) is 3.22. The zero-order valence-electron chi connectivity index (χ0n) is 9.03. The van der Waals surface area contributed by atoms with Crippen molar-refractivity contribution in [1.82, 2.24) is 4.90 Å². The van der Waals surface area contributed by atoms with E-state index in [0.717, 1.165) is 11.4 Å². The molecule has 3 nitrogen and oxygen atoms in total. The first-order chi connectivity index (χ1) is 7.20. The van der Waals surface area contributed by atoms with Gasteiger partial charge in [-0.05, 0) is 6.92 Å². The Labute approximate surface area is 99.8 Å². The third-order valence-corrected chi connectivity index (χ3v) is 3.63. The van der Waals surface area contributed by atoms with Gasteiger partial charge in [0.25, 0.3) is 0 Å². The zero-order valence-corrected chi connectivity index (χ0v) is 10.6. The second-order valence-electron chi connectivity index (χ2n) is 3.28. The first-order valence-electron chi connectivity index (χ1n) is 4.87. The standard InChI is InChI=1S/C10H16ClNO2S/c1-8-9(3-6-15-8)12(4-5-14-2)10(13)7-11/h3,8H,4-7H2,1-2H3. The van der Waals surface area contributed by atoms with Crippen LogP contribution in [0.15, 0.2) is 11.8 Å². The van der Waals surface area contributed by atoms with Gasteiger partial charge in [-0.25, -0.2) is 0 Å². The van der Waals surface area contributed by atoms with Gasteiger partial charge in [0.05, 0.1) is 6.61 Å². The summed E-state index contributed by atoms with van der Waals surface area (Å²) in [5, 5.41) is 0.369. The smallest absolute Gasteiger partial charge is 0.241 e. The van der Waals surface area contributed by atoms with Crippen LogP contribution in [0.25, 0.3) is 0 Å². The number of hydrogen-bond acceptors (Lipinski definition) is 3. The SMILES string of the molecule is COCCN(C(=O)CCl)C1=CCSC1C. The number of carbonyl (C=O) groups excluding carboxylic acids is 1. The number of carbonyl (C=O) groups is 1. The number of rotatable bonds is 5. The summed E-state index contributed by atoms with van der Waals surface area (Å²) in [7, 11) is 1.63. The fourth-order valence-corrected chi connectivity index (χ4v) is 2.61. The number of alkyl halides is 1. The molecule has 0 aromatic heterocycles. The molecule has 0 aromatic carbocycles. The molecule has 1 amide bonds. The molecule has 0 N–H and O–H groups in total. The highest BCUT2D eigenvalue weighted by atomic mass is 35.5. The fraction of sp³-hybridized carbons (Fsp3) is 0.700. The van der Waals surface area contributed by atoms with E-state index >= 15 is 0 Å². The summed E-state index contributed by atoms with van der Waals surface area (Å²) in [5.74, 6) is 0.947. The second-order valence-corrected chi connectivity index (χ2v) is 4.92. The van der Waals surface area contributed by atoms with Crippen molar-refractivity contribution in [2.45, 2.75) is 12.2 Å². The van der Waals surface area contributed by atoms with E-state index in [1.807, 2.05) is 11.8 Å². The van der Waals surface area contributed by atoms with Crippen LogP contribution >= 0.6 is 23.4 Å². The van der Waals surface area contributed by atoms with E-state index < -0.39 is 0 Å². The van der Waals surface area contributed by atoms with E-state index in [-0.39, 0.29) is 11.8 Å². The van der Waals surface area contributed by atoms with E-state index in [1.54, 1.807) is 12.0 Å². The van der Waals surface area contributed by atoms with Crippen molar-refractivity contribution < 1.29 is 9.53 Å². The highest BCUT2D eigenvalue weighted by molar-refractivity contribution is 8.00. The average Bonchev–Trinajstić information content (AvgIpc) is 2.65. The summed E-state index contributed by atoms with van der Waals surface area (Å²) in [4.78, 5) is 13.4. The Bertz CT molecular complexity index is 258. The topological polar surface area (TPSA) is 29.5 Å². The first kappa shape index (κ1) is 12.9. The van der Waals surface area contributed by atoms with Crippen LogP contribution in [-0.4, -0.2) is 48.0 Å². The third kappa shape index (κ3) is 3.40. The van der Waals surface area contributed by atoms with Crippen LogP contribution < -0.4 is 0 Å².